The smallest absolute Gasteiger partial charge is 0.244 e. The minimum Gasteiger partial charge on any atom is -0.399 e. The Morgan fingerprint density at radius 1 is 1.23 bits per heavy atom. The Balaban J connectivity index is 1.60. The van der Waals surface area contributed by atoms with Gasteiger partial charge in [-0.25, -0.2) is 26.5 Å². The summed E-state index contributed by atoms with van der Waals surface area (Å²) in [6.45, 7) is 3.73. The van der Waals surface area contributed by atoms with Crippen molar-refractivity contribution in [2.24, 2.45) is 11.7 Å². The molecule has 1 unspecified atom stereocenters. The van der Waals surface area contributed by atoms with Crippen molar-refractivity contribution in [1.29, 1.82) is 0 Å². The summed E-state index contributed by atoms with van der Waals surface area (Å²) in [6.07, 6.45) is 11.9. The molecule has 35 heavy (non-hydrogen) atoms. The van der Waals surface area contributed by atoms with Gasteiger partial charge >= 0.3 is 0 Å². The molecule has 0 aromatic carbocycles. The maximum atomic E-state index is 14.5. The third kappa shape index (κ3) is 4.27. The van der Waals surface area contributed by atoms with E-state index in [1.807, 2.05) is 13.0 Å². The van der Waals surface area contributed by atoms with E-state index in [9.17, 15) is 16.8 Å². The van der Waals surface area contributed by atoms with Gasteiger partial charge < -0.3 is 10.7 Å². The first-order valence-electron chi connectivity index (χ1n) is 12.2. The molecule has 2 heterocycles. The van der Waals surface area contributed by atoms with Gasteiger partial charge in [-0.15, -0.1) is 0 Å². The van der Waals surface area contributed by atoms with Crippen LogP contribution in [0.5, 0.6) is 0 Å². The van der Waals surface area contributed by atoms with Gasteiger partial charge in [0, 0.05) is 35.6 Å². The number of nitrogens with two attached hydrogens (primary N) is 1. The van der Waals surface area contributed by atoms with Crippen LogP contribution in [0.4, 0.5) is 5.69 Å². The minimum absolute atomic E-state index is 0.0112. The molecule has 2 saturated carbocycles. The van der Waals surface area contributed by atoms with Gasteiger partial charge in [0.1, 0.15) is 10.4 Å². The number of aromatic amines is 1. The van der Waals surface area contributed by atoms with Gasteiger partial charge in [0.05, 0.1) is 10.9 Å². The van der Waals surface area contributed by atoms with E-state index in [2.05, 4.69) is 14.7 Å². The zero-order valence-electron chi connectivity index (χ0n) is 20.0. The molecule has 0 spiro atoms. The third-order valence-corrected chi connectivity index (χ3v) is 12.1. The Labute approximate surface area is 207 Å². The predicted molar refractivity (Wildman–Crippen MR) is 138 cm³/mol. The Morgan fingerprint density at radius 3 is 2.69 bits per heavy atom. The Bertz CT molecular complexity index is 1390. The second kappa shape index (κ2) is 8.63. The number of sulfonamides is 2. The van der Waals surface area contributed by atoms with Crippen LogP contribution >= 0.6 is 0 Å². The fourth-order valence-electron chi connectivity index (χ4n) is 5.55. The number of hydrogen-bond acceptors (Lipinski definition) is 6. The van der Waals surface area contributed by atoms with Crippen LogP contribution in [0.1, 0.15) is 52.4 Å². The molecule has 2 fully saturated rings. The van der Waals surface area contributed by atoms with E-state index in [0.29, 0.717) is 54.5 Å². The molecule has 0 aliphatic heterocycles. The molecular formula is C24H33N5O4S2. The van der Waals surface area contributed by atoms with Crippen molar-refractivity contribution in [3.05, 3.63) is 48.5 Å². The highest BCUT2D eigenvalue weighted by Gasteiger charge is 2.50. The predicted octanol–water partition coefficient (Wildman–Crippen LogP) is 2.90. The molecular weight excluding hydrogens is 486 g/mol. The number of H-pyrrole nitrogens is 1. The molecule has 0 radical (unpaired) electrons. The highest BCUT2D eigenvalue weighted by molar-refractivity contribution is 7.94. The summed E-state index contributed by atoms with van der Waals surface area (Å²) in [5.41, 5.74) is 7.62. The molecule has 3 aliphatic carbocycles. The van der Waals surface area contributed by atoms with Crippen molar-refractivity contribution in [3.8, 4) is 0 Å². The van der Waals surface area contributed by atoms with Crippen LogP contribution in [0.25, 0.3) is 11.0 Å². The lowest BCUT2D eigenvalue weighted by Crippen LogP contribution is -2.52. The number of rotatable bonds is 8. The van der Waals surface area contributed by atoms with Crippen molar-refractivity contribution in [3.63, 3.8) is 0 Å². The second-order valence-corrected chi connectivity index (χ2v) is 14.5. The van der Waals surface area contributed by atoms with Gasteiger partial charge in [-0.1, -0.05) is 19.4 Å². The van der Waals surface area contributed by atoms with Crippen molar-refractivity contribution < 1.29 is 16.8 Å². The average Bonchev–Trinajstić information content (AvgIpc) is 3.43. The summed E-state index contributed by atoms with van der Waals surface area (Å²) >= 11 is 0. The molecule has 9 nitrogen and oxygen atoms in total. The summed E-state index contributed by atoms with van der Waals surface area (Å²) in [6, 6.07) is 2.85. The van der Waals surface area contributed by atoms with E-state index >= 15 is 0 Å². The number of nitrogens with zero attached hydrogens (tertiary/aromatic N) is 2. The van der Waals surface area contributed by atoms with Gasteiger partial charge in [0.15, 0.2) is 0 Å². The fourth-order valence-corrected chi connectivity index (χ4v) is 9.23. The summed E-state index contributed by atoms with van der Waals surface area (Å²) < 4.78 is 57.6. The van der Waals surface area contributed by atoms with Crippen LogP contribution in [-0.2, 0) is 20.0 Å². The minimum atomic E-state index is -3.97. The number of fused-ring (bicyclic) bond motifs is 1. The lowest BCUT2D eigenvalue weighted by molar-refractivity contribution is 0.453. The first kappa shape index (κ1) is 24.3. The summed E-state index contributed by atoms with van der Waals surface area (Å²) in [4.78, 5) is 7.42. The van der Waals surface area contributed by atoms with Crippen LogP contribution in [-0.4, -0.2) is 48.9 Å². The molecule has 2 aromatic heterocycles. The second-order valence-electron chi connectivity index (χ2n) is 10.2. The molecule has 5 rings (SSSR count). The zero-order valence-corrected chi connectivity index (χ0v) is 21.6. The fraction of sp³-hybridized carbons (Fsp3) is 0.542. The maximum absolute atomic E-state index is 14.5. The molecule has 4 atom stereocenters. The normalized spacial score (nSPS) is 29.4. The van der Waals surface area contributed by atoms with E-state index in [-0.39, 0.29) is 17.2 Å². The number of allylic oxidation sites excluding steroid dienone is 2. The number of anilines is 1. The quantitative estimate of drug-likeness (QED) is 0.490. The van der Waals surface area contributed by atoms with Crippen LogP contribution in [0, 0.1) is 5.92 Å². The molecule has 0 saturated heterocycles. The van der Waals surface area contributed by atoms with Gasteiger partial charge in [-0.2, -0.15) is 0 Å². The zero-order chi connectivity index (χ0) is 25.0. The van der Waals surface area contributed by atoms with E-state index in [0.717, 1.165) is 6.42 Å². The Kier molecular flexibility index (Phi) is 6.00. The largest absolute Gasteiger partial charge is 0.399 e. The summed E-state index contributed by atoms with van der Waals surface area (Å²) in [5, 5.41) is 0.391. The standard InChI is InChI=1S/C24H33N5O4S2/c1-3-16-13-18(28-34(30,31)19-6-7-19)14-22(16)29(21-9-12-27-23-20(21)8-11-26-23)35(32,33)24(2)10-4-5-17(25)15-24/h4-5,8-9,11-12,15-16,18-19,22,28H,3,6-7,10,13-14,25H2,1-2H3,(H,26,27)/t16-,18+,22+,24?/m1/s1. The number of aromatic nitrogens is 2. The summed E-state index contributed by atoms with van der Waals surface area (Å²) in [5.74, 6) is -0.0112. The van der Waals surface area contributed by atoms with Gasteiger partial charge in [0.25, 0.3) is 0 Å². The van der Waals surface area contributed by atoms with Crippen molar-refractivity contribution in [2.45, 2.75) is 74.5 Å². The van der Waals surface area contributed by atoms with Crippen LogP contribution in [0.2, 0.25) is 0 Å². The van der Waals surface area contributed by atoms with Crippen LogP contribution in [0.3, 0.4) is 0 Å². The van der Waals surface area contributed by atoms with Gasteiger partial charge in [-0.3, -0.25) is 4.31 Å². The number of pyridine rings is 1. The molecule has 3 aliphatic rings. The third-order valence-electron chi connectivity index (χ3n) is 7.61. The van der Waals surface area contributed by atoms with Crippen molar-refractivity contribution in [1.82, 2.24) is 14.7 Å². The molecule has 4 N–H and O–H groups in total. The highest BCUT2D eigenvalue weighted by atomic mass is 32.2. The first-order valence-corrected chi connectivity index (χ1v) is 15.2. The van der Waals surface area contributed by atoms with Crippen molar-refractivity contribution in [2.75, 3.05) is 4.31 Å². The molecule has 190 valence electrons. The molecule has 0 bridgehead atoms. The topological polar surface area (TPSA) is 138 Å². The number of nitrogens with one attached hydrogen (secondary N) is 2. The van der Waals surface area contributed by atoms with Gasteiger partial charge in [-0.05, 0) is 69.2 Å². The summed E-state index contributed by atoms with van der Waals surface area (Å²) in [7, 11) is -7.35. The van der Waals surface area contributed by atoms with Gasteiger partial charge in [0.2, 0.25) is 20.0 Å². The van der Waals surface area contributed by atoms with E-state index in [1.165, 1.54) is 0 Å². The van der Waals surface area contributed by atoms with E-state index < -0.39 is 30.8 Å². The lowest BCUT2D eigenvalue weighted by Gasteiger charge is -2.40. The monoisotopic (exact) mass is 519 g/mol. The van der Waals surface area contributed by atoms with Crippen LogP contribution < -0.4 is 14.8 Å². The highest BCUT2D eigenvalue weighted by Crippen LogP contribution is 2.44. The Hall–Kier alpha value is -2.37. The van der Waals surface area contributed by atoms with E-state index in [4.69, 9.17) is 5.73 Å². The van der Waals surface area contributed by atoms with E-state index in [1.54, 1.807) is 47.9 Å². The molecule has 0 amide bonds. The lowest BCUT2D eigenvalue weighted by atomic mass is 10.00. The number of hydrogen-bond donors (Lipinski definition) is 3. The maximum Gasteiger partial charge on any atom is 0.244 e. The van der Waals surface area contributed by atoms with Crippen LogP contribution in [0.15, 0.2) is 48.5 Å². The van der Waals surface area contributed by atoms with Crippen molar-refractivity contribution >= 4 is 36.8 Å². The average molecular weight is 520 g/mol. The molecule has 11 heteroatoms. The molecule has 2 aromatic rings. The SMILES string of the molecule is CC[C@@H]1C[C@H](NS(=O)(=O)C2CC2)C[C@@H]1N(c1ccnc2[nH]ccc12)S(=O)(=O)C1(C)C=C(N)C=CC1. The first-order chi connectivity index (χ1) is 16.6. The Morgan fingerprint density at radius 2 is 2.00 bits per heavy atom.